The minimum Gasteiger partial charge on any atom is -0.484 e. The Labute approximate surface area is 124 Å². The first-order valence-electron chi connectivity index (χ1n) is 6.01. The van der Waals surface area contributed by atoms with Crippen molar-refractivity contribution in [3.05, 3.63) is 28.8 Å². The number of hydrogen-bond donors (Lipinski definition) is 2. The van der Waals surface area contributed by atoms with Gasteiger partial charge in [0.25, 0.3) is 5.91 Å². The molecular formula is C13H18Cl2N2O2. The average Bonchev–Trinajstić information content (AvgIpc) is 2.29. The largest absolute Gasteiger partial charge is 0.484 e. The van der Waals surface area contributed by atoms with Gasteiger partial charge in [-0.05, 0) is 30.7 Å². The predicted octanol–water partition coefficient (Wildman–Crippen LogP) is 1.78. The summed E-state index contributed by atoms with van der Waals surface area (Å²) in [6.45, 7) is 4.63. The van der Waals surface area contributed by atoms with Crippen LogP contribution in [-0.4, -0.2) is 32.1 Å². The Bertz CT molecular complexity index is 437. The molecule has 19 heavy (non-hydrogen) atoms. The summed E-state index contributed by atoms with van der Waals surface area (Å²) in [6, 6.07) is 5.36. The number of carbonyl (C=O) groups is 1. The van der Waals surface area contributed by atoms with E-state index in [0.29, 0.717) is 16.7 Å². The van der Waals surface area contributed by atoms with Crippen LogP contribution in [0.25, 0.3) is 0 Å². The van der Waals surface area contributed by atoms with Crippen molar-refractivity contribution in [2.45, 2.75) is 6.92 Å². The fourth-order valence-corrected chi connectivity index (χ4v) is 1.78. The van der Waals surface area contributed by atoms with Crippen molar-refractivity contribution in [2.75, 3.05) is 26.2 Å². The van der Waals surface area contributed by atoms with E-state index in [1.54, 1.807) is 12.1 Å². The SMILES string of the molecule is Cc1cc(OCC(=O)NCC2CNC2)ccc1Cl.Cl. The average molecular weight is 305 g/mol. The number of carbonyl (C=O) groups excluding carboxylic acids is 1. The van der Waals surface area contributed by atoms with Gasteiger partial charge in [0.15, 0.2) is 6.61 Å². The molecule has 1 aromatic carbocycles. The Kier molecular flexibility index (Phi) is 6.42. The summed E-state index contributed by atoms with van der Waals surface area (Å²) in [5.41, 5.74) is 0.940. The molecule has 106 valence electrons. The number of amides is 1. The van der Waals surface area contributed by atoms with Gasteiger partial charge in [0.2, 0.25) is 0 Å². The van der Waals surface area contributed by atoms with Gasteiger partial charge in [-0.2, -0.15) is 0 Å². The van der Waals surface area contributed by atoms with E-state index in [4.69, 9.17) is 16.3 Å². The summed E-state index contributed by atoms with van der Waals surface area (Å²) in [5, 5.41) is 6.71. The zero-order valence-corrected chi connectivity index (χ0v) is 12.3. The van der Waals surface area contributed by atoms with Crippen molar-refractivity contribution in [2.24, 2.45) is 5.92 Å². The van der Waals surface area contributed by atoms with Crippen molar-refractivity contribution in [1.29, 1.82) is 0 Å². The van der Waals surface area contributed by atoms with E-state index in [-0.39, 0.29) is 24.9 Å². The molecule has 1 aliphatic rings. The maximum atomic E-state index is 11.5. The van der Waals surface area contributed by atoms with Gasteiger partial charge in [0, 0.05) is 30.6 Å². The Hall–Kier alpha value is -0.970. The lowest BCUT2D eigenvalue weighted by molar-refractivity contribution is -0.123. The number of halogens is 2. The molecule has 1 aromatic rings. The third-order valence-electron chi connectivity index (χ3n) is 2.95. The molecule has 0 aliphatic carbocycles. The summed E-state index contributed by atoms with van der Waals surface area (Å²) >= 11 is 5.91. The van der Waals surface area contributed by atoms with E-state index in [9.17, 15) is 4.79 Å². The molecule has 1 saturated heterocycles. The van der Waals surface area contributed by atoms with Gasteiger partial charge in [-0.15, -0.1) is 12.4 Å². The van der Waals surface area contributed by atoms with E-state index in [1.165, 1.54) is 0 Å². The summed E-state index contributed by atoms with van der Waals surface area (Å²) in [7, 11) is 0. The Morgan fingerprint density at radius 2 is 2.26 bits per heavy atom. The normalized spacial score (nSPS) is 14.2. The van der Waals surface area contributed by atoms with Gasteiger partial charge in [0.05, 0.1) is 0 Å². The molecule has 0 spiro atoms. The molecule has 0 saturated carbocycles. The molecular weight excluding hydrogens is 287 g/mol. The van der Waals surface area contributed by atoms with Crippen LogP contribution in [0.15, 0.2) is 18.2 Å². The molecule has 1 amide bonds. The molecule has 2 rings (SSSR count). The highest BCUT2D eigenvalue weighted by molar-refractivity contribution is 6.31. The first-order valence-corrected chi connectivity index (χ1v) is 6.39. The fourth-order valence-electron chi connectivity index (χ4n) is 1.66. The monoisotopic (exact) mass is 304 g/mol. The Morgan fingerprint density at radius 3 is 2.84 bits per heavy atom. The van der Waals surface area contributed by atoms with Crippen LogP contribution in [0.1, 0.15) is 5.56 Å². The molecule has 1 heterocycles. The van der Waals surface area contributed by atoms with Crippen molar-refractivity contribution >= 4 is 29.9 Å². The molecule has 0 aromatic heterocycles. The minimum atomic E-state index is -0.0884. The maximum absolute atomic E-state index is 11.5. The topological polar surface area (TPSA) is 50.4 Å². The number of nitrogens with one attached hydrogen (secondary N) is 2. The molecule has 4 nitrogen and oxygen atoms in total. The Morgan fingerprint density at radius 1 is 1.53 bits per heavy atom. The standard InChI is InChI=1S/C13H17ClN2O2.ClH/c1-9-4-11(2-3-12(9)14)18-8-13(17)16-7-10-5-15-6-10;/h2-4,10,15H,5-8H2,1H3,(H,16,17);1H. The first kappa shape index (κ1) is 16.1. The smallest absolute Gasteiger partial charge is 0.257 e. The number of ether oxygens (including phenoxy) is 1. The number of aryl methyl sites for hydroxylation is 1. The van der Waals surface area contributed by atoms with Crippen LogP contribution in [-0.2, 0) is 4.79 Å². The summed E-state index contributed by atoms with van der Waals surface area (Å²) < 4.78 is 5.40. The van der Waals surface area contributed by atoms with Crippen LogP contribution in [0, 0.1) is 12.8 Å². The lowest BCUT2D eigenvalue weighted by atomic mass is 10.0. The van der Waals surface area contributed by atoms with E-state index in [0.717, 1.165) is 25.2 Å². The Balaban J connectivity index is 0.00000180. The molecule has 1 fully saturated rings. The van der Waals surface area contributed by atoms with Crippen LogP contribution < -0.4 is 15.4 Å². The van der Waals surface area contributed by atoms with Gasteiger partial charge in [-0.3, -0.25) is 4.79 Å². The van der Waals surface area contributed by atoms with Crippen molar-refractivity contribution in [3.63, 3.8) is 0 Å². The van der Waals surface area contributed by atoms with Crippen LogP contribution >= 0.6 is 24.0 Å². The van der Waals surface area contributed by atoms with Gasteiger partial charge < -0.3 is 15.4 Å². The van der Waals surface area contributed by atoms with Crippen LogP contribution in [0.3, 0.4) is 0 Å². The second-order valence-corrected chi connectivity index (χ2v) is 4.94. The van der Waals surface area contributed by atoms with Crippen molar-refractivity contribution < 1.29 is 9.53 Å². The molecule has 0 atom stereocenters. The zero-order chi connectivity index (χ0) is 13.0. The third-order valence-corrected chi connectivity index (χ3v) is 3.38. The van der Waals surface area contributed by atoms with Gasteiger partial charge >= 0.3 is 0 Å². The highest BCUT2D eigenvalue weighted by Crippen LogP contribution is 2.20. The molecule has 0 radical (unpaired) electrons. The summed E-state index contributed by atoms with van der Waals surface area (Å²) in [5.74, 6) is 1.14. The van der Waals surface area contributed by atoms with Crippen molar-refractivity contribution in [1.82, 2.24) is 10.6 Å². The highest BCUT2D eigenvalue weighted by Gasteiger charge is 2.17. The van der Waals surface area contributed by atoms with Crippen LogP contribution in [0.5, 0.6) is 5.75 Å². The van der Waals surface area contributed by atoms with E-state index in [2.05, 4.69) is 10.6 Å². The van der Waals surface area contributed by atoms with E-state index in [1.807, 2.05) is 13.0 Å². The highest BCUT2D eigenvalue weighted by atomic mass is 35.5. The molecule has 0 bridgehead atoms. The second kappa shape index (κ2) is 7.58. The lowest BCUT2D eigenvalue weighted by Crippen LogP contribution is -2.48. The van der Waals surface area contributed by atoms with Crippen LogP contribution in [0.4, 0.5) is 0 Å². The zero-order valence-electron chi connectivity index (χ0n) is 10.7. The van der Waals surface area contributed by atoms with Gasteiger partial charge in [-0.1, -0.05) is 11.6 Å². The first-order chi connectivity index (χ1) is 8.65. The molecule has 6 heteroatoms. The van der Waals surface area contributed by atoms with Gasteiger partial charge in [-0.25, -0.2) is 0 Å². The summed E-state index contributed by atoms with van der Waals surface area (Å²) in [6.07, 6.45) is 0. The maximum Gasteiger partial charge on any atom is 0.257 e. The predicted molar refractivity (Wildman–Crippen MR) is 78.3 cm³/mol. The minimum absolute atomic E-state index is 0. The van der Waals surface area contributed by atoms with E-state index >= 15 is 0 Å². The number of hydrogen-bond acceptors (Lipinski definition) is 3. The lowest BCUT2D eigenvalue weighted by Gasteiger charge is -2.27. The molecule has 0 unspecified atom stereocenters. The molecule has 1 aliphatic heterocycles. The molecule has 2 N–H and O–H groups in total. The second-order valence-electron chi connectivity index (χ2n) is 4.53. The van der Waals surface area contributed by atoms with Crippen molar-refractivity contribution in [3.8, 4) is 5.75 Å². The number of benzene rings is 1. The third kappa shape index (κ3) is 4.90. The fraction of sp³-hybridized carbons (Fsp3) is 0.462. The van der Waals surface area contributed by atoms with Crippen LogP contribution in [0.2, 0.25) is 5.02 Å². The van der Waals surface area contributed by atoms with E-state index < -0.39 is 0 Å². The van der Waals surface area contributed by atoms with Gasteiger partial charge in [0.1, 0.15) is 5.75 Å². The number of rotatable bonds is 5. The summed E-state index contributed by atoms with van der Waals surface area (Å²) in [4.78, 5) is 11.5. The quantitative estimate of drug-likeness (QED) is 0.872.